The number of hydrogen-bond donors (Lipinski definition) is 0. The Bertz CT molecular complexity index is 1520. The smallest absolute Gasteiger partial charge is 0.316 e. The number of methoxy groups -OCH3 is 3. The highest BCUT2D eigenvalue weighted by molar-refractivity contribution is 6.74. The second-order valence-corrected chi connectivity index (χ2v) is 19.1. The summed E-state index contributed by atoms with van der Waals surface area (Å²) in [6, 6.07) is 11.6. The molecule has 3 aromatic rings. The minimum absolute atomic E-state index is 0.0141. The van der Waals surface area contributed by atoms with Crippen molar-refractivity contribution in [3.05, 3.63) is 58.1 Å². The van der Waals surface area contributed by atoms with Gasteiger partial charge in [0, 0.05) is 24.0 Å². The van der Waals surface area contributed by atoms with Crippen molar-refractivity contribution >= 4 is 36.7 Å². The lowest BCUT2D eigenvalue weighted by molar-refractivity contribution is -0.143. The van der Waals surface area contributed by atoms with E-state index in [0.717, 1.165) is 34.9 Å². The quantitative estimate of drug-likeness (QED) is 0.0996. The van der Waals surface area contributed by atoms with Crippen LogP contribution in [0.15, 0.2) is 36.4 Å². The molecule has 3 aromatic carbocycles. The Morgan fingerprint density at radius 1 is 0.886 bits per heavy atom. The second kappa shape index (κ2) is 12.9. The highest BCUT2D eigenvalue weighted by atomic mass is 35.5. The van der Waals surface area contributed by atoms with Crippen LogP contribution in [0.25, 0.3) is 10.8 Å². The van der Waals surface area contributed by atoms with Gasteiger partial charge < -0.3 is 28.1 Å². The second-order valence-electron chi connectivity index (χ2n) is 13.9. The number of fused-ring (bicyclic) bond motifs is 2. The number of carbonyl (C=O) groups is 1. The van der Waals surface area contributed by atoms with Crippen LogP contribution in [0.1, 0.15) is 83.1 Å². The van der Waals surface area contributed by atoms with Gasteiger partial charge in [-0.15, -0.1) is 0 Å². The molecule has 0 N–H and O–H groups in total. The molecule has 1 aliphatic rings. The molecule has 0 aromatic heterocycles. The van der Waals surface area contributed by atoms with Crippen molar-refractivity contribution in [2.24, 2.45) is 5.41 Å². The van der Waals surface area contributed by atoms with E-state index in [9.17, 15) is 4.79 Å². The Hall–Kier alpha value is -2.78. The molecule has 0 aliphatic heterocycles. The van der Waals surface area contributed by atoms with Crippen molar-refractivity contribution in [3.63, 3.8) is 0 Å². The van der Waals surface area contributed by atoms with E-state index in [1.165, 1.54) is 0 Å². The predicted octanol–water partition coefficient (Wildman–Crippen LogP) is 9.43. The zero-order valence-corrected chi connectivity index (χ0v) is 29.7. The Morgan fingerprint density at radius 3 is 2.09 bits per heavy atom. The largest absolute Gasteiger partial charge is 0.496 e. The van der Waals surface area contributed by atoms with Gasteiger partial charge in [0.05, 0.1) is 36.1 Å². The maximum Gasteiger partial charge on any atom is 0.316 e. The molecular formula is C35H47ClO7Si. The molecule has 7 nitrogen and oxygen atoms in total. The minimum atomic E-state index is -2.14. The fraction of sp³-hybridized carbons (Fsp3) is 0.514. The lowest BCUT2D eigenvalue weighted by atomic mass is 9.75. The van der Waals surface area contributed by atoms with E-state index in [2.05, 4.69) is 39.9 Å². The fourth-order valence-corrected chi connectivity index (χ4v) is 7.06. The van der Waals surface area contributed by atoms with Crippen molar-refractivity contribution < 1.29 is 32.9 Å². The molecule has 1 unspecified atom stereocenters. The Morgan fingerprint density at radius 2 is 1.52 bits per heavy atom. The van der Waals surface area contributed by atoms with E-state index in [0.29, 0.717) is 33.4 Å². The van der Waals surface area contributed by atoms with Gasteiger partial charge in [-0.25, -0.2) is 0 Å². The summed E-state index contributed by atoms with van der Waals surface area (Å²) >= 11 is 6.98. The number of hydrogen-bond acceptors (Lipinski definition) is 7. The van der Waals surface area contributed by atoms with Gasteiger partial charge in [-0.05, 0) is 87.1 Å². The van der Waals surface area contributed by atoms with Crippen LogP contribution in [0.2, 0.25) is 23.2 Å². The van der Waals surface area contributed by atoms with Crippen molar-refractivity contribution in [3.8, 4) is 23.0 Å². The van der Waals surface area contributed by atoms with Crippen molar-refractivity contribution in [2.45, 2.75) is 84.5 Å². The molecular weight excluding hydrogens is 596 g/mol. The summed E-state index contributed by atoms with van der Waals surface area (Å²) in [5.41, 5.74) is 2.19. The first-order valence-corrected chi connectivity index (χ1v) is 18.4. The van der Waals surface area contributed by atoms with Crippen LogP contribution < -0.4 is 18.9 Å². The van der Waals surface area contributed by atoms with E-state index in [-0.39, 0.29) is 29.8 Å². The van der Waals surface area contributed by atoms with Crippen LogP contribution in [0, 0.1) is 5.41 Å². The highest BCUT2D eigenvalue weighted by Gasteiger charge is 2.42. The third kappa shape index (κ3) is 6.59. The number of benzene rings is 3. The molecule has 0 saturated heterocycles. The minimum Gasteiger partial charge on any atom is -0.496 e. The Balaban J connectivity index is 2.02. The first kappa shape index (κ1) is 34.1. The lowest BCUT2D eigenvalue weighted by Gasteiger charge is -2.42. The molecule has 0 fully saturated rings. The molecule has 0 radical (unpaired) electrons. The van der Waals surface area contributed by atoms with Crippen LogP contribution in [0.4, 0.5) is 0 Å². The predicted molar refractivity (Wildman–Crippen MR) is 178 cm³/mol. The lowest BCUT2D eigenvalue weighted by Crippen LogP contribution is -2.42. The van der Waals surface area contributed by atoms with Crippen LogP contribution >= 0.6 is 11.6 Å². The number of halogens is 1. The number of esters is 1. The standard InChI is InChI=1S/C35H47ClO7Si/c1-34(2,3)33(37)42-28-14-12-13-22-25(43-44(10,11)35(4,5)6)16-15-21(29(22)28)23-19-24(36)32(41-20-38-7)31-27(40-9)18-17-26(39-8)30(23)31/h12-14,17-19,21,25H,15-16,20H2,1-11H3/t21?,25-/m1/s1. The molecule has 9 heteroatoms. The molecule has 0 amide bonds. The van der Waals surface area contributed by atoms with Crippen LogP contribution in [-0.2, 0) is 14.0 Å². The van der Waals surface area contributed by atoms with E-state index >= 15 is 0 Å². The first-order chi connectivity index (χ1) is 20.6. The van der Waals surface area contributed by atoms with Gasteiger partial charge in [-0.2, -0.15) is 0 Å². The molecule has 1 aliphatic carbocycles. The normalized spacial score (nSPS) is 17.3. The van der Waals surface area contributed by atoms with E-state index < -0.39 is 13.7 Å². The van der Waals surface area contributed by atoms with Gasteiger partial charge in [0.2, 0.25) is 0 Å². The topological polar surface area (TPSA) is 72.5 Å². The van der Waals surface area contributed by atoms with Crippen molar-refractivity contribution in [1.82, 2.24) is 0 Å². The summed E-state index contributed by atoms with van der Waals surface area (Å²) in [6.45, 7) is 16.9. The van der Waals surface area contributed by atoms with E-state index in [1.54, 1.807) is 21.3 Å². The first-order valence-electron chi connectivity index (χ1n) is 15.1. The monoisotopic (exact) mass is 642 g/mol. The number of carbonyl (C=O) groups excluding carboxylic acids is 1. The number of rotatable bonds is 9. The Labute approximate surface area is 268 Å². The molecule has 240 valence electrons. The third-order valence-electron chi connectivity index (χ3n) is 8.85. The van der Waals surface area contributed by atoms with E-state index in [1.807, 2.05) is 51.1 Å². The average Bonchev–Trinajstić information content (AvgIpc) is 2.95. The highest BCUT2D eigenvalue weighted by Crippen LogP contribution is 2.54. The van der Waals surface area contributed by atoms with E-state index in [4.69, 9.17) is 39.7 Å². The molecule has 2 atom stereocenters. The van der Waals surface area contributed by atoms with Crippen LogP contribution in [-0.4, -0.2) is 42.4 Å². The van der Waals surface area contributed by atoms with Gasteiger partial charge in [0.25, 0.3) is 0 Å². The van der Waals surface area contributed by atoms with Gasteiger partial charge in [0.1, 0.15) is 17.2 Å². The van der Waals surface area contributed by atoms with Crippen molar-refractivity contribution in [1.29, 1.82) is 0 Å². The number of ether oxygens (including phenoxy) is 5. The zero-order chi connectivity index (χ0) is 32.6. The molecule has 44 heavy (non-hydrogen) atoms. The summed E-state index contributed by atoms with van der Waals surface area (Å²) < 4.78 is 36.2. The summed E-state index contributed by atoms with van der Waals surface area (Å²) in [5.74, 6) is 1.74. The summed E-state index contributed by atoms with van der Waals surface area (Å²) in [6.07, 6.45) is 1.38. The summed E-state index contributed by atoms with van der Waals surface area (Å²) in [4.78, 5) is 13.3. The van der Waals surface area contributed by atoms with Crippen LogP contribution in [0.5, 0.6) is 23.0 Å². The Kier molecular flexibility index (Phi) is 10.0. The zero-order valence-electron chi connectivity index (χ0n) is 28.0. The average molecular weight is 643 g/mol. The van der Waals surface area contributed by atoms with Gasteiger partial charge in [0.15, 0.2) is 20.9 Å². The SMILES string of the molecule is COCOc1c(Cl)cc(C2CC[C@@H](O[Si](C)(C)C(C)(C)C)c3cccc(OC(=O)C(C)(C)C)c32)c2c(OC)ccc(OC)c12. The molecule has 0 saturated carbocycles. The molecule has 0 heterocycles. The summed E-state index contributed by atoms with van der Waals surface area (Å²) in [7, 11) is 2.68. The maximum atomic E-state index is 13.3. The molecule has 0 bridgehead atoms. The van der Waals surface area contributed by atoms with Crippen molar-refractivity contribution in [2.75, 3.05) is 28.1 Å². The van der Waals surface area contributed by atoms with Gasteiger partial charge in [-0.3, -0.25) is 4.79 Å². The van der Waals surface area contributed by atoms with Gasteiger partial charge >= 0.3 is 5.97 Å². The summed E-state index contributed by atoms with van der Waals surface area (Å²) in [5, 5.41) is 1.96. The molecule has 4 rings (SSSR count). The van der Waals surface area contributed by atoms with Gasteiger partial charge in [-0.1, -0.05) is 44.5 Å². The maximum absolute atomic E-state index is 13.3. The third-order valence-corrected chi connectivity index (χ3v) is 13.6. The van der Waals surface area contributed by atoms with Crippen LogP contribution in [0.3, 0.4) is 0 Å². The molecule has 0 spiro atoms. The fourth-order valence-electron chi connectivity index (χ4n) is 5.48.